The minimum absolute atomic E-state index is 0.532. The van der Waals surface area contributed by atoms with Crippen molar-refractivity contribution in [3.63, 3.8) is 0 Å². The molecule has 0 spiro atoms. The molecule has 0 aliphatic rings. The van der Waals surface area contributed by atoms with Crippen molar-refractivity contribution in [1.82, 2.24) is 0 Å². The lowest BCUT2D eigenvalue weighted by molar-refractivity contribution is 0.224. The highest BCUT2D eigenvalue weighted by atomic mass is 35.5. The smallest absolute Gasteiger partial charge is 0.115 e. The molecule has 1 atom stereocenters. The minimum Gasteiger partial charge on any atom is -0.383 e. The summed E-state index contributed by atoms with van der Waals surface area (Å²) in [5.74, 6) is 0. The normalized spacial score (nSPS) is 12.1. The van der Waals surface area contributed by atoms with Gasteiger partial charge in [-0.2, -0.15) is 5.26 Å². The Morgan fingerprint density at radius 2 is 2.19 bits per heavy atom. The van der Waals surface area contributed by atoms with Gasteiger partial charge in [-0.25, -0.2) is 0 Å². The summed E-state index contributed by atoms with van der Waals surface area (Å²) in [6, 6.07) is 10.7. The largest absolute Gasteiger partial charge is 0.383 e. The number of rotatable bonds is 2. The number of thiophene rings is 1. The van der Waals surface area contributed by atoms with Gasteiger partial charge in [-0.3, -0.25) is 0 Å². The second kappa shape index (κ2) is 4.67. The summed E-state index contributed by atoms with van der Waals surface area (Å²) in [5.41, 5.74) is 1.22. The summed E-state index contributed by atoms with van der Waals surface area (Å²) in [6.45, 7) is 0. The van der Waals surface area contributed by atoms with Gasteiger partial charge >= 0.3 is 0 Å². The Hall–Kier alpha value is -1.34. The first-order valence-corrected chi connectivity index (χ1v) is 5.89. The third kappa shape index (κ3) is 2.10. The predicted molar refractivity (Wildman–Crippen MR) is 64.5 cm³/mol. The Morgan fingerprint density at radius 1 is 1.38 bits per heavy atom. The zero-order valence-electron chi connectivity index (χ0n) is 8.22. The van der Waals surface area contributed by atoms with Gasteiger partial charge in [0.05, 0.1) is 21.5 Å². The Morgan fingerprint density at radius 3 is 2.81 bits per heavy atom. The number of hydrogen-bond acceptors (Lipinski definition) is 3. The zero-order chi connectivity index (χ0) is 11.5. The van der Waals surface area contributed by atoms with Crippen molar-refractivity contribution in [2.75, 3.05) is 0 Å². The van der Waals surface area contributed by atoms with Gasteiger partial charge in [-0.1, -0.05) is 23.7 Å². The fourth-order valence-corrected chi connectivity index (χ4v) is 2.60. The van der Waals surface area contributed by atoms with E-state index in [-0.39, 0.29) is 0 Å². The van der Waals surface area contributed by atoms with E-state index in [1.54, 1.807) is 30.3 Å². The van der Waals surface area contributed by atoms with Crippen LogP contribution in [-0.2, 0) is 0 Å². The van der Waals surface area contributed by atoms with Crippen LogP contribution in [0.2, 0.25) is 5.02 Å². The molecule has 0 bridgehead atoms. The molecule has 1 aromatic heterocycles. The van der Waals surface area contributed by atoms with Gasteiger partial charge < -0.3 is 5.11 Å². The molecule has 16 heavy (non-hydrogen) atoms. The van der Waals surface area contributed by atoms with Crippen molar-refractivity contribution >= 4 is 22.9 Å². The van der Waals surface area contributed by atoms with Crippen LogP contribution in [0.4, 0.5) is 0 Å². The highest BCUT2D eigenvalue weighted by Crippen LogP contribution is 2.32. The Labute approximate surface area is 102 Å². The van der Waals surface area contributed by atoms with E-state index in [1.165, 1.54) is 11.3 Å². The van der Waals surface area contributed by atoms with Crippen molar-refractivity contribution in [1.29, 1.82) is 5.26 Å². The molecule has 2 rings (SSSR count). The van der Waals surface area contributed by atoms with E-state index in [2.05, 4.69) is 0 Å². The molecule has 2 aromatic rings. The molecular formula is C12H8ClNOS. The Bertz CT molecular complexity index is 544. The SMILES string of the molecule is N#Cc1cccc(C(O)c2sccc2Cl)c1. The highest BCUT2D eigenvalue weighted by molar-refractivity contribution is 7.10. The number of aliphatic hydroxyl groups is 1. The molecular weight excluding hydrogens is 242 g/mol. The van der Waals surface area contributed by atoms with Crippen LogP contribution in [0.5, 0.6) is 0 Å². The standard InChI is InChI=1S/C12H8ClNOS/c13-10-4-5-16-12(10)11(15)9-3-1-2-8(6-9)7-14/h1-6,11,15H. The number of nitrogens with zero attached hydrogens (tertiary/aromatic N) is 1. The maximum absolute atomic E-state index is 10.1. The Kier molecular flexibility index (Phi) is 3.25. The van der Waals surface area contributed by atoms with E-state index in [4.69, 9.17) is 16.9 Å². The molecule has 0 saturated heterocycles. The van der Waals surface area contributed by atoms with E-state index in [9.17, 15) is 5.11 Å². The second-order valence-corrected chi connectivity index (χ2v) is 4.63. The number of benzene rings is 1. The van der Waals surface area contributed by atoms with Gasteiger partial charge in [-0.15, -0.1) is 11.3 Å². The average molecular weight is 250 g/mol. The number of aliphatic hydroxyl groups excluding tert-OH is 1. The molecule has 1 unspecified atom stereocenters. The summed E-state index contributed by atoms with van der Waals surface area (Å²) >= 11 is 7.34. The first-order chi connectivity index (χ1) is 7.72. The van der Waals surface area contributed by atoms with E-state index in [1.807, 2.05) is 11.4 Å². The Balaban J connectivity index is 2.38. The van der Waals surface area contributed by atoms with Crippen LogP contribution in [0, 0.1) is 11.3 Å². The molecule has 4 heteroatoms. The molecule has 1 heterocycles. The summed E-state index contributed by atoms with van der Waals surface area (Å²) in [7, 11) is 0. The fourth-order valence-electron chi connectivity index (χ4n) is 1.43. The summed E-state index contributed by atoms with van der Waals surface area (Å²) in [5, 5.41) is 21.3. The summed E-state index contributed by atoms with van der Waals surface area (Å²) in [4.78, 5) is 0.705. The lowest BCUT2D eigenvalue weighted by atomic mass is 10.1. The van der Waals surface area contributed by atoms with Gasteiger partial charge in [-0.05, 0) is 29.1 Å². The minimum atomic E-state index is -0.763. The van der Waals surface area contributed by atoms with E-state index < -0.39 is 6.10 Å². The van der Waals surface area contributed by atoms with Gasteiger partial charge in [0, 0.05) is 0 Å². The van der Waals surface area contributed by atoms with Crippen molar-refractivity contribution < 1.29 is 5.11 Å². The quantitative estimate of drug-likeness (QED) is 0.887. The van der Waals surface area contributed by atoms with Crippen LogP contribution in [-0.4, -0.2) is 5.11 Å². The average Bonchev–Trinajstić information content (AvgIpc) is 2.74. The first-order valence-electron chi connectivity index (χ1n) is 4.63. The highest BCUT2D eigenvalue weighted by Gasteiger charge is 2.15. The number of halogens is 1. The van der Waals surface area contributed by atoms with Gasteiger partial charge in [0.15, 0.2) is 0 Å². The lowest BCUT2D eigenvalue weighted by Gasteiger charge is -2.09. The molecule has 0 radical (unpaired) electrons. The molecule has 0 saturated carbocycles. The monoisotopic (exact) mass is 249 g/mol. The maximum Gasteiger partial charge on any atom is 0.115 e. The summed E-state index contributed by atoms with van der Waals surface area (Å²) < 4.78 is 0. The first kappa shape index (κ1) is 11.2. The van der Waals surface area contributed by atoms with Crippen LogP contribution in [0.25, 0.3) is 0 Å². The molecule has 0 amide bonds. The topological polar surface area (TPSA) is 44.0 Å². The zero-order valence-corrected chi connectivity index (χ0v) is 9.79. The van der Waals surface area contributed by atoms with Crippen molar-refractivity contribution in [3.8, 4) is 6.07 Å². The van der Waals surface area contributed by atoms with Crippen LogP contribution in [0.1, 0.15) is 22.1 Å². The van der Waals surface area contributed by atoms with Crippen LogP contribution in [0.3, 0.4) is 0 Å². The molecule has 0 aliphatic heterocycles. The second-order valence-electron chi connectivity index (χ2n) is 3.27. The van der Waals surface area contributed by atoms with Crippen molar-refractivity contribution in [2.45, 2.75) is 6.10 Å². The summed E-state index contributed by atoms with van der Waals surface area (Å²) in [6.07, 6.45) is -0.763. The number of nitriles is 1. The molecule has 2 nitrogen and oxygen atoms in total. The van der Waals surface area contributed by atoms with Crippen LogP contribution in [0.15, 0.2) is 35.7 Å². The van der Waals surface area contributed by atoms with Crippen molar-refractivity contribution in [3.05, 3.63) is 56.7 Å². The third-order valence-corrected chi connectivity index (χ3v) is 3.64. The molecule has 0 aliphatic carbocycles. The van der Waals surface area contributed by atoms with Gasteiger partial charge in [0.1, 0.15) is 6.10 Å². The fraction of sp³-hybridized carbons (Fsp3) is 0.0833. The van der Waals surface area contributed by atoms with E-state index >= 15 is 0 Å². The molecule has 80 valence electrons. The molecule has 1 aromatic carbocycles. The van der Waals surface area contributed by atoms with Gasteiger partial charge in [0.2, 0.25) is 0 Å². The van der Waals surface area contributed by atoms with E-state index in [0.29, 0.717) is 21.0 Å². The number of hydrogen-bond donors (Lipinski definition) is 1. The molecule has 0 fully saturated rings. The maximum atomic E-state index is 10.1. The molecule has 1 N–H and O–H groups in total. The lowest BCUT2D eigenvalue weighted by Crippen LogP contribution is -1.97. The predicted octanol–water partition coefficient (Wildman–Crippen LogP) is 3.35. The van der Waals surface area contributed by atoms with Crippen LogP contribution >= 0.6 is 22.9 Å². The van der Waals surface area contributed by atoms with Crippen LogP contribution < -0.4 is 0 Å². The van der Waals surface area contributed by atoms with E-state index in [0.717, 1.165) is 0 Å². The van der Waals surface area contributed by atoms with Crippen molar-refractivity contribution in [2.24, 2.45) is 0 Å². The van der Waals surface area contributed by atoms with Gasteiger partial charge in [0.25, 0.3) is 0 Å². The third-order valence-electron chi connectivity index (χ3n) is 2.22.